The molecule has 0 radical (unpaired) electrons. The number of carbonyl (C=O) groups excluding carboxylic acids is 2. The van der Waals surface area contributed by atoms with E-state index in [0.29, 0.717) is 11.4 Å². The molecular formula is C20H17F2N5O2. The van der Waals surface area contributed by atoms with Crippen molar-refractivity contribution in [2.45, 2.75) is 13.8 Å². The minimum absolute atomic E-state index is 0.00155. The number of aryl methyl sites for hydroxylation is 1. The number of anilines is 4. The number of carbonyl (C=O) groups is 2. The molecule has 3 rings (SSSR count). The molecule has 29 heavy (non-hydrogen) atoms. The second-order valence-corrected chi connectivity index (χ2v) is 6.12. The maximum Gasteiger partial charge on any atom is 0.274 e. The molecule has 1 aromatic heterocycles. The highest BCUT2D eigenvalue weighted by atomic mass is 19.1. The molecule has 7 nitrogen and oxygen atoms in total. The van der Waals surface area contributed by atoms with Crippen molar-refractivity contribution in [3.05, 3.63) is 71.7 Å². The molecule has 0 saturated carbocycles. The fourth-order valence-corrected chi connectivity index (χ4v) is 2.57. The van der Waals surface area contributed by atoms with Gasteiger partial charge in [0, 0.05) is 24.4 Å². The number of aromatic nitrogens is 2. The molecule has 0 atom stereocenters. The summed E-state index contributed by atoms with van der Waals surface area (Å²) in [6, 6.07) is 11.3. The highest BCUT2D eigenvalue weighted by Gasteiger charge is 2.14. The van der Waals surface area contributed by atoms with Gasteiger partial charge in [-0.3, -0.25) is 9.59 Å². The van der Waals surface area contributed by atoms with Crippen LogP contribution in [-0.2, 0) is 4.79 Å². The van der Waals surface area contributed by atoms with Gasteiger partial charge in [0.05, 0.1) is 0 Å². The Morgan fingerprint density at radius 2 is 1.52 bits per heavy atom. The lowest BCUT2D eigenvalue weighted by atomic mass is 10.2. The van der Waals surface area contributed by atoms with E-state index < -0.39 is 17.5 Å². The first kappa shape index (κ1) is 19.9. The molecule has 0 aliphatic rings. The van der Waals surface area contributed by atoms with Crippen LogP contribution < -0.4 is 16.0 Å². The van der Waals surface area contributed by atoms with Gasteiger partial charge in [0.25, 0.3) is 5.91 Å². The van der Waals surface area contributed by atoms with Gasteiger partial charge in [0.2, 0.25) is 5.91 Å². The Bertz CT molecular complexity index is 1070. The number of nitrogens with one attached hydrogen (secondary N) is 3. The second kappa shape index (κ2) is 8.42. The predicted molar refractivity (Wildman–Crippen MR) is 105 cm³/mol. The normalized spacial score (nSPS) is 10.3. The van der Waals surface area contributed by atoms with Gasteiger partial charge in [-0.05, 0) is 37.3 Å². The van der Waals surface area contributed by atoms with Gasteiger partial charge in [0.15, 0.2) is 0 Å². The third kappa shape index (κ3) is 5.10. The van der Waals surface area contributed by atoms with Crippen molar-refractivity contribution in [2.24, 2.45) is 0 Å². The molecule has 0 spiro atoms. The van der Waals surface area contributed by atoms with Crippen LogP contribution in [0.2, 0.25) is 0 Å². The lowest BCUT2D eigenvalue weighted by Gasteiger charge is -2.11. The summed E-state index contributed by atoms with van der Waals surface area (Å²) in [5, 5.41) is 7.82. The van der Waals surface area contributed by atoms with E-state index in [2.05, 4.69) is 25.9 Å². The van der Waals surface area contributed by atoms with Crippen molar-refractivity contribution >= 4 is 34.7 Å². The van der Waals surface area contributed by atoms with Crippen molar-refractivity contribution in [1.82, 2.24) is 9.97 Å². The Morgan fingerprint density at radius 1 is 0.897 bits per heavy atom. The topological polar surface area (TPSA) is 96.0 Å². The molecule has 0 unspecified atom stereocenters. The third-order valence-corrected chi connectivity index (χ3v) is 3.73. The van der Waals surface area contributed by atoms with Gasteiger partial charge < -0.3 is 16.0 Å². The Hall–Kier alpha value is -3.88. The molecule has 0 aliphatic heterocycles. The number of rotatable bonds is 5. The number of amides is 2. The van der Waals surface area contributed by atoms with Crippen LogP contribution in [0.25, 0.3) is 0 Å². The molecule has 0 aliphatic carbocycles. The zero-order chi connectivity index (χ0) is 21.0. The number of hydrogen-bond acceptors (Lipinski definition) is 5. The maximum atomic E-state index is 13.9. The molecule has 2 amide bonds. The summed E-state index contributed by atoms with van der Waals surface area (Å²) in [5.41, 5.74) is 0.584. The first-order valence-electron chi connectivity index (χ1n) is 8.57. The van der Waals surface area contributed by atoms with Gasteiger partial charge >= 0.3 is 0 Å². The Balaban J connectivity index is 1.82. The largest absolute Gasteiger partial charge is 0.335 e. The fraction of sp³-hybridized carbons (Fsp3) is 0.100. The van der Waals surface area contributed by atoms with E-state index in [1.165, 1.54) is 19.1 Å². The fourth-order valence-electron chi connectivity index (χ4n) is 2.57. The quantitative estimate of drug-likeness (QED) is 0.604. The van der Waals surface area contributed by atoms with E-state index in [4.69, 9.17) is 0 Å². The Kier molecular flexibility index (Phi) is 5.77. The minimum Gasteiger partial charge on any atom is -0.335 e. The van der Waals surface area contributed by atoms with E-state index in [1.807, 2.05) is 0 Å². The summed E-state index contributed by atoms with van der Waals surface area (Å²) in [4.78, 5) is 31.9. The Labute approximate surface area is 165 Å². The first-order chi connectivity index (χ1) is 13.8. The van der Waals surface area contributed by atoms with E-state index in [-0.39, 0.29) is 28.9 Å². The van der Waals surface area contributed by atoms with Crippen LogP contribution >= 0.6 is 0 Å². The van der Waals surface area contributed by atoms with Gasteiger partial charge in [-0.15, -0.1) is 0 Å². The standard InChI is InChI=1S/C20H17F2N5O2/c1-11-23-17(10-18(24-11)27-19-15(21)7-4-8-16(19)22)20(29)26-14-6-3-5-13(9-14)25-12(2)28/h3-10H,1-2H3,(H,25,28)(H,26,29)(H,23,24,27). The second-order valence-electron chi connectivity index (χ2n) is 6.12. The highest BCUT2D eigenvalue weighted by molar-refractivity contribution is 6.03. The number of nitrogens with zero attached hydrogens (tertiary/aromatic N) is 2. The molecule has 0 saturated heterocycles. The maximum absolute atomic E-state index is 13.9. The first-order valence-corrected chi connectivity index (χ1v) is 8.57. The molecular weight excluding hydrogens is 380 g/mol. The molecule has 0 bridgehead atoms. The molecule has 3 aromatic rings. The van der Waals surface area contributed by atoms with Crippen molar-refractivity contribution in [3.63, 3.8) is 0 Å². The van der Waals surface area contributed by atoms with Crippen molar-refractivity contribution < 1.29 is 18.4 Å². The van der Waals surface area contributed by atoms with E-state index in [1.54, 1.807) is 31.2 Å². The van der Waals surface area contributed by atoms with Crippen LogP contribution in [0, 0.1) is 18.6 Å². The number of benzene rings is 2. The predicted octanol–water partition coefficient (Wildman–Crippen LogP) is 4.02. The molecule has 2 aromatic carbocycles. The lowest BCUT2D eigenvalue weighted by Crippen LogP contribution is -2.16. The van der Waals surface area contributed by atoms with Crippen LogP contribution in [0.5, 0.6) is 0 Å². The number of para-hydroxylation sites is 1. The average Bonchev–Trinajstić information content (AvgIpc) is 2.64. The SMILES string of the molecule is CC(=O)Nc1cccc(NC(=O)c2cc(Nc3c(F)cccc3F)nc(C)n2)c1. The average molecular weight is 397 g/mol. The van der Waals surface area contributed by atoms with Crippen LogP contribution in [0.15, 0.2) is 48.5 Å². The smallest absolute Gasteiger partial charge is 0.274 e. The highest BCUT2D eigenvalue weighted by Crippen LogP contribution is 2.23. The van der Waals surface area contributed by atoms with Crippen LogP contribution in [0.1, 0.15) is 23.2 Å². The molecule has 0 fully saturated rings. The number of halogens is 2. The zero-order valence-corrected chi connectivity index (χ0v) is 15.6. The van der Waals surface area contributed by atoms with E-state index in [9.17, 15) is 18.4 Å². The lowest BCUT2D eigenvalue weighted by molar-refractivity contribution is -0.114. The molecule has 1 heterocycles. The van der Waals surface area contributed by atoms with E-state index >= 15 is 0 Å². The summed E-state index contributed by atoms with van der Waals surface area (Å²) in [6.45, 7) is 2.93. The molecule has 3 N–H and O–H groups in total. The summed E-state index contributed by atoms with van der Waals surface area (Å²) < 4.78 is 27.7. The molecule has 148 valence electrons. The summed E-state index contributed by atoms with van der Waals surface area (Å²) in [6.07, 6.45) is 0. The van der Waals surface area contributed by atoms with Gasteiger partial charge in [-0.2, -0.15) is 0 Å². The van der Waals surface area contributed by atoms with Crippen molar-refractivity contribution in [1.29, 1.82) is 0 Å². The van der Waals surface area contributed by atoms with Gasteiger partial charge in [-0.25, -0.2) is 18.7 Å². The van der Waals surface area contributed by atoms with Crippen LogP contribution in [-0.4, -0.2) is 21.8 Å². The summed E-state index contributed by atoms with van der Waals surface area (Å²) in [5.74, 6) is -2.06. The zero-order valence-electron chi connectivity index (χ0n) is 15.6. The third-order valence-electron chi connectivity index (χ3n) is 3.73. The summed E-state index contributed by atoms with van der Waals surface area (Å²) >= 11 is 0. The minimum atomic E-state index is -0.790. The van der Waals surface area contributed by atoms with Crippen molar-refractivity contribution in [2.75, 3.05) is 16.0 Å². The van der Waals surface area contributed by atoms with Gasteiger partial charge in [-0.1, -0.05) is 12.1 Å². The summed E-state index contributed by atoms with van der Waals surface area (Å²) in [7, 11) is 0. The van der Waals surface area contributed by atoms with E-state index in [0.717, 1.165) is 12.1 Å². The number of hydrogen-bond donors (Lipinski definition) is 3. The van der Waals surface area contributed by atoms with Gasteiger partial charge in [0.1, 0.15) is 34.7 Å². The Morgan fingerprint density at radius 3 is 2.17 bits per heavy atom. The monoisotopic (exact) mass is 397 g/mol. The molecule has 9 heteroatoms. The van der Waals surface area contributed by atoms with Crippen LogP contribution in [0.4, 0.5) is 31.7 Å². The van der Waals surface area contributed by atoms with Crippen molar-refractivity contribution in [3.8, 4) is 0 Å². The van der Waals surface area contributed by atoms with Crippen LogP contribution in [0.3, 0.4) is 0 Å².